The average molecular weight is 499 g/mol. The number of carbonyl (C=O) groups is 1. The summed E-state index contributed by atoms with van der Waals surface area (Å²) in [4.78, 5) is 12.4. The predicted molar refractivity (Wildman–Crippen MR) is 123 cm³/mol. The van der Waals surface area contributed by atoms with Crippen LogP contribution in [0, 0.1) is 5.92 Å². The predicted octanol–water partition coefficient (Wildman–Crippen LogP) is 4.37. The number of amides is 1. The average Bonchev–Trinajstić information content (AvgIpc) is 2.73. The minimum atomic E-state index is -4.16. The van der Waals surface area contributed by atoms with Crippen LogP contribution in [0.2, 0.25) is 0 Å². The zero-order valence-electron chi connectivity index (χ0n) is 18.9. The third-order valence-corrected chi connectivity index (χ3v) is 6.67. The fraction of sp³-hybridized carbons (Fsp3) is 0.435. The van der Waals surface area contributed by atoms with Crippen molar-refractivity contribution in [2.45, 2.75) is 56.6 Å². The highest BCUT2D eigenvalue weighted by Crippen LogP contribution is 2.32. The summed E-state index contributed by atoms with van der Waals surface area (Å²) < 4.78 is 64.6. The molecule has 0 radical (unpaired) electrons. The van der Waals surface area contributed by atoms with Gasteiger partial charge in [-0.1, -0.05) is 6.07 Å². The van der Waals surface area contributed by atoms with E-state index in [0.717, 1.165) is 6.07 Å². The largest absolute Gasteiger partial charge is 0.492 e. The van der Waals surface area contributed by atoms with E-state index in [2.05, 4.69) is 14.8 Å². The van der Waals surface area contributed by atoms with Crippen molar-refractivity contribution >= 4 is 27.3 Å². The number of rotatable bonds is 9. The molecule has 0 aliphatic heterocycles. The number of hydrogen-bond donors (Lipinski definition) is 3. The van der Waals surface area contributed by atoms with Crippen molar-refractivity contribution in [3.05, 3.63) is 42.5 Å². The summed E-state index contributed by atoms with van der Waals surface area (Å²) in [7, 11) is -4.16. The number of nitrogens with one attached hydrogen (secondary N) is 2. The van der Waals surface area contributed by atoms with Crippen molar-refractivity contribution in [2.24, 2.45) is 5.92 Å². The van der Waals surface area contributed by atoms with Crippen LogP contribution in [-0.2, 0) is 14.8 Å². The molecule has 1 saturated carbocycles. The van der Waals surface area contributed by atoms with E-state index < -0.39 is 16.1 Å². The number of alkyl halides is 2. The first-order valence-corrected chi connectivity index (χ1v) is 12.4. The molecule has 2 aromatic carbocycles. The van der Waals surface area contributed by atoms with Crippen LogP contribution in [0.4, 0.5) is 20.2 Å². The van der Waals surface area contributed by atoms with Crippen LogP contribution in [0.3, 0.4) is 0 Å². The number of aliphatic hydroxyl groups is 1. The molecule has 0 bridgehead atoms. The fourth-order valence-electron chi connectivity index (χ4n) is 3.70. The number of carbonyl (C=O) groups excluding carboxylic acids is 1. The van der Waals surface area contributed by atoms with E-state index >= 15 is 0 Å². The molecule has 8 nitrogen and oxygen atoms in total. The van der Waals surface area contributed by atoms with E-state index in [4.69, 9.17) is 4.74 Å². The Kier molecular flexibility index (Phi) is 7.98. The van der Waals surface area contributed by atoms with Crippen molar-refractivity contribution in [2.75, 3.05) is 16.6 Å². The highest BCUT2D eigenvalue weighted by Gasteiger charge is 2.27. The Morgan fingerprint density at radius 1 is 1.12 bits per heavy atom. The first-order chi connectivity index (χ1) is 16.0. The number of halogens is 2. The van der Waals surface area contributed by atoms with Gasteiger partial charge in [-0.25, -0.2) is 8.42 Å². The molecule has 1 aliphatic rings. The molecule has 0 atom stereocenters. The molecule has 0 heterocycles. The van der Waals surface area contributed by atoms with Gasteiger partial charge in [-0.3, -0.25) is 9.52 Å². The Balaban J connectivity index is 1.79. The lowest BCUT2D eigenvalue weighted by molar-refractivity contribution is -0.158. The second-order valence-corrected chi connectivity index (χ2v) is 9.78. The normalized spacial score (nSPS) is 18.7. The highest BCUT2D eigenvalue weighted by atomic mass is 32.2. The number of ether oxygens (including phenoxy) is 2. The lowest BCUT2D eigenvalue weighted by Gasteiger charge is -2.24. The van der Waals surface area contributed by atoms with Gasteiger partial charge in [0.1, 0.15) is 16.4 Å². The third-order valence-electron chi connectivity index (χ3n) is 5.25. The fourth-order valence-corrected chi connectivity index (χ4v) is 4.88. The SMILES string of the molecule is CCOc1cc(NC(=O)C2CCC(O)CC2)ccc1S(=O)(=O)Nc1cccc(OC(C)(F)F)c1. The standard InChI is InChI=1S/C23H28F2N2O6S/c1-3-32-20-14-16(26-22(29)15-7-10-18(28)11-8-15)9-12-21(20)34(30,31)27-17-5-4-6-19(13-17)33-23(2,24)25/h4-6,9,12-15,18,27-28H,3,7-8,10-11H2,1-2H3,(H,26,29). The molecule has 34 heavy (non-hydrogen) atoms. The third kappa shape index (κ3) is 7.04. The molecule has 1 aliphatic carbocycles. The minimum absolute atomic E-state index is 0.0272. The van der Waals surface area contributed by atoms with E-state index in [-0.39, 0.29) is 46.6 Å². The van der Waals surface area contributed by atoms with Gasteiger partial charge in [-0.05, 0) is 56.9 Å². The zero-order chi connectivity index (χ0) is 24.9. The van der Waals surface area contributed by atoms with Crippen molar-refractivity contribution < 1.29 is 36.6 Å². The molecule has 0 unspecified atom stereocenters. The molecule has 1 fully saturated rings. The summed E-state index contributed by atoms with van der Waals surface area (Å²) in [5.74, 6) is -0.605. The lowest BCUT2D eigenvalue weighted by Crippen LogP contribution is -2.28. The molecule has 1 amide bonds. The van der Waals surface area contributed by atoms with Crippen molar-refractivity contribution in [1.82, 2.24) is 0 Å². The van der Waals surface area contributed by atoms with Gasteiger partial charge >= 0.3 is 6.11 Å². The van der Waals surface area contributed by atoms with Gasteiger partial charge in [0.15, 0.2) is 0 Å². The van der Waals surface area contributed by atoms with Crippen molar-refractivity contribution in [1.29, 1.82) is 0 Å². The minimum Gasteiger partial charge on any atom is -0.492 e. The number of anilines is 2. The van der Waals surface area contributed by atoms with E-state index in [9.17, 15) is 27.1 Å². The van der Waals surface area contributed by atoms with Gasteiger partial charge in [0.25, 0.3) is 10.0 Å². The number of benzene rings is 2. The van der Waals surface area contributed by atoms with Crippen LogP contribution in [-0.4, -0.2) is 38.3 Å². The smallest absolute Gasteiger partial charge is 0.394 e. The maximum Gasteiger partial charge on any atom is 0.394 e. The highest BCUT2D eigenvalue weighted by molar-refractivity contribution is 7.92. The summed E-state index contributed by atoms with van der Waals surface area (Å²) in [5, 5.41) is 12.4. The molecular formula is C23H28F2N2O6S. The van der Waals surface area contributed by atoms with Crippen molar-refractivity contribution in [3.63, 3.8) is 0 Å². The molecule has 3 N–H and O–H groups in total. The van der Waals surface area contributed by atoms with Gasteiger partial charge in [0.2, 0.25) is 5.91 Å². The summed E-state index contributed by atoms with van der Waals surface area (Å²) in [6.45, 7) is 2.44. The first kappa shape index (κ1) is 25.7. The van der Waals surface area contributed by atoms with Crippen molar-refractivity contribution in [3.8, 4) is 11.5 Å². The van der Waals surface area contributed by atoms with Crippen LogP contribution >= 0.6 is 0 Å². The number of aliphatic hydroxyl groups excluding tert-OH is 1. The summed E-state index contributed by atoms with van der Waals surface area (Å²) >= 11 is 0. The molecule has 2 aromatic rings. The molecule has 3 rings (SSSR count). The molecule has 186 valence electrons. The number of hydrogen-bond acceptors (Lipinski definition) is 6. The number of sulfonamides is 1. The van der Waals surface area contributed by atoms with Gasteiger partial charge in [-0.2, -0.15) is 8.78 Å². The Hall–Kier alpha value is -2.92. The summed E-state index contributed by atoms with van der Waals surface area (Å²) in [6.07, 6.45) is -1.52. The maximum atomic E-state index is 13.1. The molecule has 11 heteroatoms. The van der Waals surface area contributed by atoms with Crippen LogP contribution in [0.1, 0.15) is 39.5 Å². The Morgan fingerprint density at radius 3 is 2.47 bits per heavy atom. The second-order valence-electron chi connectivity index (χ2n) is 8.13. The monoisotopic (exact) mass is 498 g/mol. The Bertz CT molecular complexity index is 1110. The Morgan fingerprint density at radius 2 is 1.82 bits per heavy atom. The molecule has 0 spiro atoms. The van der Waals surface area contributed by atoms with Crippen LogP contribution in [0.25, 0.3) is 0 Å². The topological polar surface area (TPSA) is 114 Å². The molecular weight excluding hydrogens is 470 g/mol. The summed E-state index contributed by atoms with van der Waals surface area (Å²) in [6, 6.07) is 9.37. The van der Waals surface area contributed by atoms with Gasteiger partial charge in [-0.15, -0.1) is 0 Å². The zero-order valence-corrected chi connectivity index (χ0v) is 19.7. The van der Waals surface area contributed by atoms with Gasteiger partial charge in [0.05, 0.1) is 18.4 Å². The first-order valence-electron chi connectivity index (χ1n) is 10.9. The van der Waals surface area contributed by atoms with E-state index in [0.29, 0.717) is 38.3 Å². The Labute approximate surface area is 197 Å². The van der Waals surface area contributed by atoms with E-state index in [1.54, 1.807) is 6.92 Å². The molecule has 0 saturated heterocycles. The quantitative estimate of drug-likeness (QED) is 0.473. The van der Waals surface area contributed by atoms with Crippen LogP contribution in [0.5, 0.6) is 11.5 Å². The van der Waals surface area contributed by atoms with E-state index in [1.807, 2.05) is 0 Å². The summed E-state index contributed by atoms with van der Waals surface area (Å²) in [5.41, 5.74) is 0.403. The van der Waals surface area contributed by atoms with Crippen LogP contribution < -0.4 is 19.5 Å². The van der Waals surface area contributed by atoms with E-state index in [1.165, 1.54) is 36.4 Å². The lowest BCUT2D eigenvalue weighted by atomic mass is 9.87. The molecule has 0 aromatic heterocycles. The second kappa shape index (κ2) is 10.6. The van der Waals surface area contributed by atoms with Gasteiger partial charge < -0.3 is 19.9 Å². The van der Waals surface area contributed by atoms with Crippen LogP contribution in [0.15, 0.2) is 47.4 Å². The van der Waals surface area contributed by atoms with Gasteiger partial charge in [0, 0.05) is 30.7 Å². The maximum absolute atomic E-state index is 13.1.